The van der Waals surface area contributed by atoms with Gasteiger partial charge in [0.15, 0.2) is 0 Å². The van der Waals surface area contributed by atoms with Crippen molar-refractivity contribution in [1.29, 1.82) is 0 Å². The standard InChI is InChI=1S/C9H14N2O/c1-2-9(11,12)7-3-5-8(10)6-4-7/h3-6,12H,2,10-11H2,1H3. The van der Waals surface area contributed by atoms with Crippen molar-refractivity contribution in [3.8, 4) is 0 Å². The van der Waals surface area contributed by atoms with E-state index in [1.165, 1.54) is 0 Å². The van der Waals surface area contributed by atoms with Gasteiger partial charge in [0.05, 0.1) is 0 Å². The normalized spacial score (nSPS) is 15.6. The third-order valence-electron chi connectivity index (χ3n) is 1.95. The van der Waals surface area contributed by atoms with Crippen molar-refractivity contribution < 1.29 is 5.11 Å². The highest BCUT2D eigenvalue weighted by molar-refractivity contribution is 5.40. The highest BCUT2D eigenvalue weighted by atomic mass is 16.3. The number of nitrogens with two attached hydrogens (primary N) is 2. The topological polar surface area (TPSA) is 72.3 Å². The molecule has 0 spiro atoms. The first-order chi connectivity index (χ1) is 5.56. The van der Waals surface area contributed by atoms with Gasteiger partial charge in [-0.1, -0.05) is 19.1 Å². The van der Waals surface area contributed by atoms with Gasteiger partial charge in [0.25, 0.3) is 0 Å². The second-order valence-corrected chi connectivity index (χ2v) is 2.90. The van der Waals surface area contributed by atoms with Crippen LogP contribution in [0.2, 0.25) is 0 Å². The Morgan fingerprint density at radius 1 is 1.33 bits per heavy atom. The van der Waals surface area contributed by atoms with Gasteiger partial charge in [-0.3, -0.25) is 5.73 Å². The Morgan fingerprint density at radius 3 is 2.25 bits per heavy atom. The van der Waals surface area contributed by atoms with Gasteiger partial charge in [0, 0.05) is 5.69 Å². The van der Waals surface area contributed by atoms with Gasteiger partial charge in [-0.15, -0.1) is 0 Å². The van der Waals surface area contributed by atoms with E-state index in [0.29, 0.717) is 17.7 Å². The lowest BCUT2D eigenvalue weighted by Gasteiger charge is -2.21. The van der Waals surface area contributed by atoms with Crippen molar-refractivity contribution in [2.24, 2.45) is 5.73 Å². The molecular weight excluding hydrogens is 152 g/mol. The number of hydrogen-bond donors (Lipinski definition) is 3. The van der Waals surface area contributed by atoms with Gasteiger partial charge in [0.2, 0.25) is 0 Å². The Morgan fingerprint density at radius 2 is 1.83 bits per heavy atom. The molecule has 0 saturated heterocycles. The fraction of sp³-hybridized carbons (Fsp3) is 0.333. The van der Waals surface area contributed by atoms with E-state index in [1.54, 1.807) is 24.3 Å². The smallest absolute Gasteiger partial charge is 0.139 e. The predicted molar refractivity (Wildman–Crippen MR) is 49.2 cm³/mol. The second-order valence-electron chi connectivity index (χ2n) is 2.90. The van der Waals surface area contributed by atoms with Crippen LogP contribution in [0, 0.1) is 0 Å². The molecule has 1 atom stereocenters. The molecule has 66 valence electrons. The van der Waals surface area contributed by atoms with E-state index in [0.717, 1.165) is 0 Å². The molecule has 0 aliphatic heterocycles. The second kappa shape index (κ2) is 3.13. The summed E-state index contributed by atoms with van der Waals surface area (Å²) >= 11 is 0. The average Bonchev–Trinajstić information content (AvgIpc) is 2.05. The molecule has 3 nitrogen and oxygen atoms in total. The van der Waals surface area contributed by atoms with Gasteiger partial charge in [-0.05, 0) is 24.1 Å². The lowest BCUT2D eigenvalue weighted by Crippen LogP contribution is -2.35. The van der Waals surface area contributed by atoms with Crippen LogP contribution >= 0.6 is 0 Å². The van der Waals surface area contributed by atoms with Gasteiger partial charge >= 0.3 is 0 Å². The van der Waals surface area contributed by atoms with E-state index >= 15 is 0 Å². The summed E-state index contributed by atoms with van der Waals surface area (Å²) in [5.74, 6) is 0. The first-order valence-corrected chi connectivity index (χ1v) is 3.93. The summed E-state index contributed by atoms with van der Waals surface area (Å²) in [6.07, 6.45) is 0.483. The minimum atomic E-state index is -1.23. The van der Waals surface area contributed by atoms with Gasteiger partial charge in [0.1, 0.15) is 5.72 Å². The molecule has 0 amide bonds. The van der Waals surface area contributed by atoms with Gasteiger partial charge in [-0.2, -0.15) is 0 Å². The van der Waals surface area contributed by atoms with Crippen LogP contribution in [0.5, 0.6) is 0 Å². The summed E-state index contributed by atoms with van der Waals surface area (Å²) in [4.78, 5) is 0. The van der Waals surface area contributed by atoms with Crippen LogP contribution < -0.4 is 11.5 Å². The van der Waals surface area contributed by atoms with Crippen molar-refractivity contribution in [3.05, 3.63) is 29.8 Å². The van der Waals surface area contributed by atoms with Crippen molar-refractivity contribution in [1.82, 2.24) is 0 Å². The van der Waals surface area contributed by atoms with Crippen LogP contribution in [0.1, 0.15) is 18.9 Å². The van der Waals surface area contributed by atoms with Crippen LogP contribution in [0.3, 0.4) is 0 Å². The Balaban J connectivity index is 2.96. The van der Waals surface area contributed by atoms with Crippen LogP contribution in [-0.4, -0.2) is 5.11 Å². The van der Waals surface area contributed by atoms with Crippen molar-refractivity contribution in [3.63, 3.8) is 0 Å². The minimum Gasteiger partial charge on any atom is -0.399 e. The predicted octanol–water partition coefficient (Wildman–Crippen LogP) is 0.783. The molecule has 0 radical (unpaired) electrons. The Hall–Kier alpha value is -1.06. The molecule has 0 saturated carbocycles. The Bertz CT molecular complexity index is 254. The molecule has 0 fully saturated rings. The van der Waals surface area contributed by atoms with Crippen LogP contribution in [0.15, 0.2) is 24.3 Å². The fourth-order valence-corrected chi connectivity index (χ4v) is 0.976. The van der Waals surface area contributed by atoms with Crippen molar-refractivity contribution >= 4 is 5.69 Å². The molecule has 0 aliphatic carbocycles. The van der Waals surface area contributed by atoms with Gasteiger partial charge < -0.3 is 10.8 Å². The minimum absolute atomic E-state index is 0.483. The van der Waals surface area contributed by atoms with E-state index < -0.39 is 5.72 Å². The lowest BCUT2D eigenvalue weighted by atomic mass is 10.0. The monoisotopic (exact) mass is 166 g/mol. The third-order valence-corrected chi connectivity index (χ3v) is 1.95. The molecule has 1 rings (SSSR count). The van der Waals surface area contributed by atoms with E-state index in [9.17, 15) is 5.11 Å². The molecule has 5 N–H and O–H groups in total. The molecule has 1 aromatic carbocycles. The zero-order valence-electron chi connectivity index (χ0n) is 7.12. The third kappa shape index (κ3) is 1.75. The highest BCUT2D eigenvalue weighted by Crippen LogP contribution is 2.19. The molecule has 0 aromatic heterocycles. The molecule has 12 heavy (non-hydrogen) atoms. The summed E-state index contributed by atoms with van der Waals surface area (Å²) < 4.78 is 0. The van der Waals surface area contributed by atoms with E-state index in [1.807, 2.05) is 6.92 Å². The number of benzene rings is 1. The zero-order valence-corrected chi connectivity index (χ0v) is 7.12. The Labute approximate surface area is 72.0 Å². The van der Waals surface area contributed by atoms with Crippen LogP contribution in [0.4, 0.5) is 5.69 Å². The molecule has 0 bridgehead atoms. The summed E-state index contributed by atoms with van der Waals surface area (Å²) in [6.45, 7) is 1.83. The molecule has 0 heterocycles. The quantitative estimate of drug-likeness (QED) is 0.449. The Kier molecular flexibility index (Phi) is 2.35. The summed E-state index contributed by atoms with van der Waals surface area (Å²) in [5.41, 5.74) is 11.2. The molecule has 0 aliphatic rings. The first kappa shape index (κ1) is 9.03. The molecule has 1 aromatic rings. The maximum atomic E-state index is 9.62. The maximum absolute atomic E-state index is 9.62. The SMILES string of the molecule is CCC(N)(O)c1ccc(N)cc1. The van der Waals surface area contributed by atoms with Crippen LogP contribution in [0.25, 0.3) is 0 Å². The van der Waals surface area contributed by atoms with Gasteiger partial charge in [-0.25, -0.2) is 0 Å². The van der Waals surface area contributed by atoms with Crippen molar-refractivity contribution in [2.45, 2.75) is 19.1 Å². The number of anilines is 1. The fourth-order valence-electron chi connectivity index (χ4n) is 0.976. The zero-order chi connectivity index (χ0) is 9.19. The molecular formula is C9H14N2O. The maximum Gasteiger partial charge on any atom is 0.139 e. The highest BCUT2D eigenvalue weighted by Gasteiger charge is 2.20. The average molecular weight is 166 g/mol. The van der Waals surface area contributed by atoms with E-state index in [-0.39, 0.29) is 0 Å². The molecule has 1 unspecified atom stereocenters. The van der Waals surface area contributed by atoms with Crippen LogP contribution in [-0.2, 0) is 5.72 Å². The lowest BCUT2D eigenvalue weighted by molar-refractivity contribution is 0.0395. The summed E-state index contributed by atoms with van der Waals surface area (Å²) in [6, 6.07) is 6.92. The first-order valence-electron chi connectivity index (χ1n) is 3.93. The number of nitrogen functional groups attached to an aromatic ring is 1. The van der Waals surface area contributed by atoms with Crippen molar-refractivity contribution in [2.75, 3.05) is 5.73 Å². The number of rotatable bonds is 2. The largest absolute Gasteiger partial charge is 0.399 e. The number of hydrogen-bond acceptors (Lipinski definition) is 3. The summed E-state index contributed by atoms with van der Waals surface area (Å²) in [7, 11) is 0. The summed E-state index contributed by atoms with van der Waals surface area (Å²) in [5, 5.41) is 9.62. The van der Waals surface area contributed by atoms with E-state index in [2.05, 4.69) is 0 Å². The van der Waals surface area contributed by atoms with E-state index in [4.69, 9.17) is 11.5 Å². The number of aliphatic hydroxyl groups is 1. The molecule has 3 heteroatoms.